The predicted molar refractivity (Wildman–Crippen MR) is 281 cm³/mol. The summed E-state index contributed by atoms with van der Waals surface area (Å²) in [5.41, 5.74) is 0. The SMILES string of the molecule is CC/C=C\C/C=C\C/C=C\C/C=C\CCCCCCCCCCCCCCC(=O)NC(CO)C(O)/C=C/CC/C=C/CCCCCCCCCCCCCCCCCCCCCC. The lowest BCUT2D eigenvalue weighted by Gasteiger charge is -2.19. The van der Waals surface area contributed by atoms with E-state index >= 15 is 0 Å². The lowest BCUT2D eigenvalue weighted by Crippen LogP contribution is -2.45. The van der Waals surface area contributed by atoms with Crippen molar-refractivity contribution in [2.24, 2.45) is 0 Å². The summed E-state index contributed by atoms with van der Waals surface area (Å²) in [4.78, 5) is 12.5. The predicted octanol–water partition coefficient (Wildman–Crippen LogP) is 18.2. The third-order valence-electron chi connectivity index (χ3n) is 12.4. The molecule has 0 fully saturated rings. The molecule has 0 aromatic heterocycles. The van der Waals surface area contributed by atoms with E-state index in [0.29, 0.717) is 6.42 Å². The topological polar surface area (TPSA) is 69.6 Å². The van der Waals surface area contributed by atoms with Crippen LogP contribution >= 0.6 is 0 Å². The van der Waals surface area contributed by atoms with Crippen LogP contribution in [0.15, 0.2) is 72.9 Å². The number of carbonyl (C=O) groups is 1. The maximum absolute atomic E-state index is 12.5. The van der Waals surface area contributed by atoms with Crippen LogP contribution in [0.1, 0.15) is 277 Å². The number of hydrogen-bond donors (Lipinski definition) is 3. The Morgan fingerprint density at radius 2 is 0.714 bits per heavy atom. The molecule has 0 aromatic carbocycles. The second kappa shape index (κ2) is 54.2. The molecule has 4 heteroatoms. The van der Waals surface area contributed by atoms with E-state index in [4.69, 9.17) is 0 Å². The number of hydrogen-bond acceptors (Lipinski definition) is 3. The van der Waals surface area contributed by atoms with Crippen molar-refractivity contribution in [2.45, 2.75) is 289 Å². The first kappa shape index (κ1) is 60.8. The van der Waals surface area contributed by atoms with Crippen molar-refractivity contribution >= 4 is 5.91 Å². The molecule has 3 N–H and O–H groups in total. The molecule has 0 aliphatic rings. The standard InChI is InChI=1S/C59H107NO3/c1-3-5-7-9-11-13-15-17-19-21-23-25-27-29-31-32-34-36-38-40-42-44-46-48-50-52-54-58(62)57(56-61)60-59(63)55-53-51-49-47-45-43-41-39-37-35-33-30-28-26-24-22-20-18-16-14-12-10-8-6-4-2/h6,8,12,14,18,20,24,26,44,46,52,54,57-58,61-62H,3-5,7,9-11,13,15-17,19,21-23,25,27-43,45,47-51,53,55-56H2,1-2H3,(H,60,63)/b8-6-,14-12-,20-18-,26-24-,46-44+,54-52+. The fourth-order valence-electron chi connectivity index (χ4n) is 8.25. The van der Waals surface area contributed by atoms with E-state index in [1.807, 2.05) is 6.08 Å². The molecule has 4 nitrogen and oxygen atoms in total. The van der Waals surface area contributed by atoms with Gasteiger partial charge in [0.1, 0.15) is 0 Å². The van der Waals surface area contributed by atoms with Crippen molar-refractivity contribution in [1.29, 1.82) is 0 Å². The van der Waals surface area contributed by atoms with E-state index in [2.05, 4.69) is 79.9 Å². The molecule has 0 aliphatic carbocycles. The Labute approximate surface area is 393 Å². The molecular formula is C59H107NO3. The Kier molecular flexibility index (Phi) is 52.3. The summed E-state index contributed by atoms with van der Waals surface area (Å²) in [6.45, 7) is 4.20. The smallest absolute Gasteiger partial charge is 0.220 e. The summed E-state index contributed by atoms with van der Waals surface area (Å²) in [5.74, 6) is -0.0760. The Balaban J connectivity index is 3.55. The van der Waals surface area contributed by atoms with Crippen LogP contribution in [0.25, 0.3) is 0 Å². The van der Waals surface area contributed by atoms with Gasteiger partial charge in [-0.3, -0.25) is 4.79 Å². The minimum Gasteiger partial charge on any atom is -0.394 e. The Morgan fingerprint density at radius 1 is 0.397 bits per heavy atom. The van der Waals surface area contributed by atoms with Crippen LogP contribution in [-0.4, -0.2) is 34.9 Å². The molecule has 366 valence electrons. The lowest BCUT2D eigenvalue weighted by atomic mass is 10.0. The minimum absolute atomic E-state index is 0.0760. The third kappa shape index (κ3) is 50.7. The van der Waals surface area contributed by atoms with Gasteiger partial charge in [0.2, 0.25) is 5.91 Å². The molecule has 0 rings (SSSR count). The summed E-state index contributed by atoms with van der Waals surface area (Å²) < 4.78 is 0. The molecular weight excluding hydrogens is 771 g/mol. The van der Waals surface area contributed by atoms with Gasteiger partial charge in [-0.2, -0.15) is 0 Å². The number of rotatable bonds is 50. The molecule has 0 bridgehead atoms. The van der Waals surface area contributed by atoms with Crippen LogP contribution in [0, 0.1) is 0 Å². The highest BCUT2D eigenvalue weighted by Crippen LogP contribution is 2.16. The molecule has 2 atom stereocenters. The van der Waals surface area contributed by atoms with Crippen molar-refractivity contribution in [3.8, 4) is 0 Å². The highest BCUT2D eigenvalue weighted by molar-refractivity contribution is 5.76. The summed E-state index contributed by atoms with van der Waals surface area (Å²) >= 11 is 0. The number of aliphatic hydroxyl groups is 2. The van der Waals surface area contributed by atoms with E-state index in [9.17, 15) is 15.0 Å². The summed E-state index contributed by atoms with van der Waals surface area (Å²) in [6, 6.07) is -0.644. The van der Waals surface area contributed by atoms with Gasteiger partial charge in [-0.05, 0) is 70.6 Å². The van der Waals surface area contributed by atoms with Gasteiger partial charge in [-0.1, -0.05) is 273 Å². The van der Waals surface area contributed by atoms with Crippen LogP contribution < -0.4 is 5.32 Å². The quantitative estimate of drug-likeness (QED) is 0.0421. The number of aliphatic hydroxyl groups excluding tert-OH is 2. The number of carbonyl (C=O) groups excluding carboxylic acids is 1. The van der Waals surface area contributed by atoms with Gasteiger partial charge in [-0.25, -0.2) is 0 Å². The van der Waals surface area contributed by atoms with Gasteiger partial charge >= 0.3 is 0 Å². The molecule has 0 saturated carbocycles. The van der Waals surface area contributed by atoms with Gasteiger partial charge in [0.05, 0.1) is 18.8 Å². The van der Waals surface area contributed by atoms with Crippen LogP contribution in [0.2, 0.25) is 0 Å². The van der Waals surface area contributed by atoms with Crippen molar-refractivity contribution in [3.05, 3.63) is 72.9 Å². The summed E-state index contributed by atoms with van der Waals surface area (Å²) in [6.07, 6.45) is 77.7. The van der Waals surface area contributed by atoms with Gasteiger partial charge < -0.3 is 15.5 Å². The maximum Gasteiger partial charge on any atom is 0.220 e. The summed E-state index contributed by atoms with van der Waals surface area (Å²) in [5, 5.41) is 23.1. The van der Waals surface area contributed by atoms with Gasteiger partial charge in [-0.15, -0.1) is 0 Å². The molecule has 0 radical (unpaired) electrons. The van der Waals surface area contributed by atoms with Gasteiger partial charge in [0, 0.05) is 6.42 Å². The summed E-state index contributed by atoms with van der Waals surface area (Å²) in [7, 11) is 0. The number of unbranched alkanes of at least 4 members (excludes halogenated alkanes) is 33. The monoisotopic (exact) mass is 878 g/mol. The second-order valence-electron chi connectivity index (χ2n) is 18.6. The van der Waals surface area contributed by atoms with E-state index in [1.54, 1.807) is 6.08 Å². The highest BCUT2D eigenvalue weighted by Gasteiger charge is 2.18. The fraction of sp³-hybridized carbons (Fsp3) is 0.780. The van der Waals surface area contributed by atoms with E-state index < -0.39 is 12.1 Å². The van der Waals surface area contributed by atoms with Crippen molar-refractivity contribution in [1.82, 2.24) is 5.32 Å². The fourth-order valence-corrected chi connectivity index (χ4v) is 8.25. The van der Waals surface area contributed by atoms with Crippen LogP contribution in [0.4, 0.5) is 0 Å². The van der Waals surface area contributed by atoms with Gasteiger partial charge in [0.25, 0.3) is 0 Å². The Morgan fingerprint density at radius 3 is 1.11 bits per heavy atom. The zero-order valence-corrected chi connectivity index (χ0v) is 42.1. The third-order valence-corrected chi connectivity index (χ3v) is 12.4. The van der Waals surface area contributed by atoms with Crippen LogP contribution in [0.3, 0.4) is 0 Å². The largest absolute Gasteiger partial charge is 0.394 e. The first-order valence-electron chi connectivity index (χ1n) is 27.7. The zero-order chi connectivity index (χ0) is 45.6. The molecule has 1 amide bonds. The van der Waals surface area contributed by atoms with Crippen LogP contribution in [-0.2, 0) is 4.79 Å². The second-order valence-corrected chi connectivity index (χ2v) is 18.6. The van der Waals surface area contributed by atoms with E-state index in [-0.39, 0.29) is 12.5 Å². The van der Waals surface area contributed by atoms with Crippen LogP contribution in [0.5, 0.6) is 0 Å². The Bertz CT molecular complexity index is 1090. The number of nitrogens with one attached hydrogen (secondary N) is 1. The Hall–Kier alpha value is -2.17. The molecule has 0 heterocycles. The molecule has 63 heavy (non-hydrogen) atoms. The molecule has 0 saturated heterocycles. The van der Waals surface area contributed by atoms with Crippen molar-refractivity contribution in [3.63, 3.8) is 0 Å². The molecule has 0 aromatic rings. The molecule has 0 spiro atoms. The maximum atomic E-state index is 12.5. The normalized spacial score (nSPS) is 13.4. The molecule has 0 aliphatic heterocycles. The minimum atomic E-state index is -0.867. The van der Waals surface area contributed by atoms with Crippen molar-refractivity contribution < 1.29 is 15.0 Å². The van der Waals surface area contributed by atoms with E-state index in [0.717, 1.165) is 57.8 Å². The first-order valence-corrected chi connectivity index (χ1v) is 27.7. The van der Waals surface area contributed by atoms with Gasteiger partial charge in [0.15, 0.2) is 0 Å². The average Bonchev–Trinajstić information content (AvgIpc) is 3.29. The zero-order valence-electron chi connectivity index (χ0n) is 42.1. The van der Waals surface area contributed by atoms with Crippen molar-refractivity contribution in [2.75, 3.05) is 6.61 Å². The molecule has 2 unspecified atom stereocenters. The number of amides is 1. The lowest BCUT2D eigenvalue weighted by molar-refractivity contribution is -0.123. The first-order chi connectivity index (χ1) is 31.2. The van der Waals surface area contributed by atoms with E-state index in [1.165, 1.54) is 199 Å². The number of allylic oxidation sites excluding steroid dienone is 11. The average molecular weight is 879 g/mol. The highest BCUT2D eigenvalue weighted by atomic mass is 16.3.